The zero-order chi connectivity index (χ0) is 14.9. The number of para-hydroxylation sites is 1. The topological polar surface area (TPSA) is 37.4 Å². The molecule has 0 spiro atoms. The lowest BCUT2D eigenvalue weighted by molar-refractivity contribution is -0.127. The maximum atomic E-state index is 13.1. The summed E-state index contributed by atoms with van der Waals surface area (Å²) >= 11 is 0. The minimum Gasteiger partial charge on any atom is -0.274 e. The standard InChI is InChI=1S/C18H19NO2/c1-10-5-4-6-11(2)15(10)19-16(20)14-12-7-8-13(9-12)18(14,3)17(19)21/h4-8,12-14H,9H2,1-3H3/t12-,13-,14-,18+/m1/s1. The molecule has 3 aliphatic rings. The summed E-state index contributed by atoms with van der Waals surface area (Å²) < 4.78 is 0. The molecule has 2 aliphatic carbocycles. The van der Waals surface area contributed by atoms with Gasteiger partial charge in [-0.1, -0.05) is 30.4 Å². The molecule has 0 N–H and O–H groups in total. The molecule has 1 heterocycles. The van der Waals surface area contributed by atoms with Gasteiger partial charge in [-0.2, -0.15) is 0 Å². The van der Waals surface area contributed by atoms with Gasteiger partial charge >= 0.3 is 0 Å². The van der Waals surface area contributed by atoms with Crippen molar-refractivity contribution in [2.45, 2.75) is 27.2 Å². The van der Waals surface area contributed by atoms with Crippen LogP contribution in [-0.2, 0) is 9.59 Å². The number of allylic oxidation sites excluding steroid dienone is 2. The first-order chi connectivity index (χ1) is 9.96. The largest absolute Gasteiger partial charge is 0.274 e. The number of imide groups is 1. The highest BCUT2D eigenvalue weighted by atomic mass is 16.2. The van der Waals surface area contributed by atoms with E-state index in [1.54, 1.807) is 0 Å². The second-order valence-electron chi connectivity index (χ2n) is 6.87. The summed E-state index contributed by atoms with van der Waals surface area (Å²) in [6, 6.07) is 5.89. The summed E-state index contributed by atoms with van der Waals surface area (Å²) in [6.07, 6.45) is 5.23. The summed E-state index contributed by atoms with van der Waals surface area (Å²) in [6.45, 7) is 5.91. The predicted molar refractivity (Wildman–Crippen MR) is 80.7 cm³/mol. The van der Waals surface area contributed by atoms with Crippen LogP contribution < -0.4 is 4.90 Å². The quantitative estimate of drug-likeness (QED) is 0.586. The molecular weight excluding hydrogens is 262 g/mol. The highest BCUT2D eigenvalue weighted by Gasteiger charge is 2.67. The van der Waals surface area contributed by atoms with Crippen molar-refractivity contribution in [2.24, 2.45) is 23.2 Å². The van der Waals surface area contributed by atoms with E-state index in [-0.39, 0.29) is 29.6 Å². The molecule has 1 aliphatic heterocycles. The molecule has 0 aromatic heterocycles. The minimum absolute atomic E-state index is 0.00301. The Labute approximate surface area is 124 Å². The van der Waals surface area contributed by atoms with Crippen LogP contribution in [0.15, 0.2) is 30.4 Å². The molecule has 108 valence electrons. The molecule has 0 radical (unpaired) electrons. The van der Waals surface area contributed by atoms with Crippen molar-refractivity contribution in [3.8, 4) is 0 Å². The van der Waals surface area contributed by atoms with Crippen LogP contribution in [0.5, 0.6) is 0 Å². The van der Waals surface area contributed by atoms with Crippen molar-refractivity contribution in [3.05, 3.63) is 41.5 Å². The van der Waals surface area contributed by atoms with Gasteiger partial charge in [0.1, 0.15) is 0 Å². The lowest BCUT2D eigenvalue weighted by Gasteiger charge is -2.28. The Kier molecular flexibility index (Phi) is 2.35. The number of benzene rings is 1. The van der Waals surface area contributed by atoms with Gasteiger partial charge in [0.25, 0.3) is 0 Å². The second kappa shape index (κ2) is 3.85. The molecule has 3 nitrogen and oxygen atoms in total. The first kappa shape index (κ1) is 12.8. The van der Waals surface area contributed by atoms with Crippen molar-refractivity contribution < 1.29 is 9.59 Å². The molecule has 1 saturated heterocycles. The number of hydrogen-bond acceptors (Lipinski definition) is 2. The van der Waals surface area contributed by atoms with Crippen LogP contribution in [0.1, 0.15) is 24.5 Å². The third-order valence-corrected chi connectivity index (χ3v) is 5.77. The monoisotopic (exact) mass is 281 g/mol. The number of carbonyl (C=O) groups excluding carboxylic acids is 2. The van der Waals surface area contributed by atoms with Gasteiger partial charge in [-0.05, 0) is 50.2 Å². The summed E-state index contributed by atoms with van der Waals surface area (Å²) in [5, 5.41) is 0. The number of anilines is 1. The molecule has 1 aromatic rings. The van der Waals surface area contributed by atoms with E-state index >= 15 is 0 Å². The van der Waals surface area contributed by atoms with Crippen LogP contribution in [-0.4, -0.2) is 11.8 Å². The molecule has 4 rings (SSSR count). The Morgan fingerprint density at radius 2 is 1.81 bits per heavy atom. The molecule has 1 aromatic carbocycles. The smallest absolute Gasteiger partial charge is 0.241 e. The van der Waals surface area contributed by atoms with Crippen molar-refractivity contribution in [1.82, 2.24) is 0 Å². The number of carbonyl (C=O) groups is 2. The van der Waals surface area contributed by atoms with Crippen molar-refractivity contribution >= 4 is 17.5 Å². The molecule has 3 heteroatoms. The fraction of sp³-hybridized carbons (Fsp3) is 0.444. The molecule has 21 heavy (non-hydrogen) atoms. The summed E-state index contributed by atoms with van der Waals surface area (Å²) in [7, 11) is 0. The number of rotatable bonds is 1. The van der Waals surface area contributed by atoms with Gasteiger partial charge in [-0.3, -0.25) is 9.59 Å². The van der Waals surface area contributed by atoms with Crippen LogP contribution in [0.4, 0.5) is 5.69 Å². The van der Waals surface area contributed by atoms with E-state index in [4.69, 9.17) is 0 Å². The van der Waals surface area contributed by atoms with Crippen LogP contribution in [0.25, 0.3) is 0 Å². The van der Waals surface area contributed by atoms with Crippen molar-refractivity contribution in [1.29, 1.82) is 0 Å². The first-order valence-corrected chi connectivity index (χ1v) is 7.59. The van der Waals surface area contributed by atoms with Gasteiger partial charge in [0.2, 0.25) is 11.8 Å². The lowest BCUT2D eigenvalue weighted by Crippen LogP contribution is -2.38. The highest BCUT2D eigenvalue weighted by Crippen LogP contribution is 2.61. The molecular formula is C18H19NO2. The highest BCUT2D eigenvalue weighted by molar-refractivity contribution is 6.25. The van der Waals surface area contributed by atoms with Crippen LogP contribution in [0.3, 0.4) is 0 Å². The van der Waals surface area contributed by atoms with Crippen LogP contribution >= 0.6 is 0 Å². The van der Waals surface area contributed by atoms with Gasteiger partial charge < -0.3 is 0 Å². The first-order valence-electron chi connectivity index (χ1n) is 7.59. The molecule has 2 fully saturated rings. The van der Waals surface area contributed by atoms with E-state index < -0.39 is 5.41 Å². The molecule has 1 saturated carbocycles. The van der Waals surface area contributed by atoms with E-state index in [0.717, 1.165) is 23.2 Å². The predicted octanol–water partition coefficient (Wildman–Crippen LogP) is 3.01. The van der Waals surface area contributed by atoms with Gasteiger partial charge in [0, 0.05) is 0 Å². The Morgan fingerprint density at radius 3 is 2.43 bits per heavy atom. The number of aryl methyl sites for hydroxylation is 2. The van der Waals surface area contributed by atoms with Gasteiger partial charge in [0.15, 0.2) is 0 Å². The Balaban J connectivity index is 1.87. The van der Waals surface area contributed by atoms with Crippen LogP contribution in [0, 0.1) is 37.0 Å². The summed E-state index contributed by atoms with van der Waals surface area (Å²) in [4.78, 5) is 27.5. The average Bonchev–Trinajstić information content (AvgIpc) is 3.06. The Hall–Kier alpha value is -1.90. The Bertz CT molecular complexity index is 685. The Morgan fingerprint density at radius 1 is 1.14 bits per heavy atom. The number of nitrogens with zero attached hydrogens (tertiary/aromatic N) is 1. The van der Waals surface area contributed by atoms with Gasteiger partial charge in [-0.25, -0.2) is 4.90 Å². The van der Waals surface area contributed by atoms with Gasteiger partial charge in [0.05, 0.1) is 17.0 Å². The zero-order valence-electron chi connectivity index (χ0n) is 12.6. The SMILES string of the molecule is Cc1cccc(C)c1N1C(=O)[C@H]2[C@@H]3C=C[C@H](C3)[C@]2(C)C1=O. The van der Waals surface area contributed by atoms with Crippen molar-refractivity contribution in [2.75, 3.05) is 4.90 Å². The van der Waals surface area contributed by atoms with Crippen LogP contribution in [0.2, 0.25) is 0 Å². The number of amides is 2. The van der Waals surface area contributed by atoms with Crippen molar-refractivity contribution in [3.63, 3.8) is 0 Å². The minimum atomic E-state index is -0.536. The maximum Gasteiger partial charge on any atom is 0.241 e. The van der Waals surface area contributed by atoms with Gasteiger partial charge in [-0.15, -0.1) is 0 Å². The van der Waals surface area contributed by atoms with E-state index in [1.807, 2.05) is 39.0 Å². The second-order valence-corrected chi connectivity index (χ2v) is 6.87. The zero-order valence-corrected chi connectivity index (χ0v) is 12.6. The summed E-state index contributed by atoms with van der Waals surface area (Å²) in [5.74, 6) is 0.284. The molecule has 2 bridgehead atoms. The van der Waals surface area contributed by atoms with E-state index in [2.05, 4.69) is 12.2 Å². The molecule has 0 unspecified atom stereocenters. The average molecular weight is 281 g/mol. The number of fused-ring (bicyclic) bond motifs is 5. The third kappa shape index (κ3) is 1.34. The van der Waals surface area contributed by atoms with E-state index in [1.165, 1.54) is 4.90 Å². The molecule has 2 amide bonds. The number of hydrogen-bond donors (Lipinski definition) is 0. The normalized spacial score (nSPS) is 36.7. The third-order valence-electron chi connectivity index (χ3n) is 5.77. The maximum absolute atomic E-state index is 13.1. The molecule has 4 atom stereocenters. The fourth-order valence-corrected chi connectivity index (χ4v) is 4.68. The lowest BCUT2D eigenvalue weighted by atomic mass is 9.71. The summed E-state index contributed by atoms with van der Waals surface area (Å²) in [5.41, 5.74) is 2.23. The van der Waals surface area contributed by atoms with E-state index in [9.17, 15) is 9.59 Å². The van der Waals surface area contributed by atoms with E-state index in [0.29, 0.717) is 0 Å². The fourth-order valence-electron chi connectivity index (χ4n) is 4.68.